The van der Waals surface area contributed by atoms with E-state index in [4.69, 9.17) is 0 Å². The summed E-state index contributed by atoms with van der Waals surface area (Å²) in [5.74, 6) is 5.30. The first-order valence-corrected chi connectivity index (χ1v) is 3.42. The molecule has 3 heteroatoms. The smallest absolute Gasteiger partial charge is 0.200 e. The van der Waals surface area contributed by atoms with E-state index in [9.17, 15) is 0 Å². The predicted molar refractivity (Wildman–Crippen MR) is 35.6 cm³/mol. The highest BCUT2D eigenvalue weighted by molar-refractivity contribution is 8.30. The van der Waals surface area contributed by atoms with Gasteiger partial charge in [0.1, 0.15) is 7.17 Å². The number of rotatable bonds is 1. The van der Waals surface area contributed by atoms with Gasteiger partial charge in [0, 0.05) is 0 Å². The molecule has 30 valence electrons. The minimum Gasteiger partial charge on any atom is -0.217 e. The van der Waals surface area contributed by atoms with Gasteiger partial charge in [0.2, 0.25) is 5.88 Å². The molecule has 0 aromatic carbocycles. The van der Waals surface area contributed by atoms with Gasteiger partial charge in [-0.1, -0.05) is 0 Å². The summed E-state index contributed by atoms with van der Waals surface area (Å²) < 4.78 is 0. The average Bonchev–Trinajstić information content (AvgIpc) is 1.31. The summed E-state index contributed by atoms with van der Waals surface area (Å²) in [4.78, 5) is 0. The second-order valence-electron chi connectivity index (χ2n) is 1.44. The van der Waals surface area contributed by atoms with Crippen molar-refractivity contribution in [3.63, 3.8) is 0 Å². The van der Waals surface area contributed by atoms with E-state index in [0.29, 0.717) is 0 Å². The Balaban J connectivity index is 2.21. The van der Waals surface area contributed by atoms with Crippen LogP contribution in [-0.2, 0) is 0 Å². The summed E-state index contributed by atoms with van der Waals surface area (Å²) in [7, 11) is 1.29. The monoisotopic (exact) mass is 96.0 g/mol. The lowest BCUT2D eigenvalue weighted by molar-refractivity contribution is 2.35. The van der Waals surface area contributed by atoms with E-state index >= 15 is 0 Å². The molecule has 1 aliphatic rings. The zero-order valence-corrected chi connectivity index (χ0v) is 4.66. The molecule has 0 aliphatic carbocycles. The Hall–Kier alpha value is 0.220. The van der Waals surface area contributed by atoms with Crippen molar-refractivity contribution in [3.05, 3.63) is 12.0 Å². The van der Waals surface area contributed by atoms with Crippen molar-refractivity contribution in [2.45, 2.75) is 0 Å². The maximum absolute atomic E-state index is 2.24. The third-order valence-corrected chi connectivity index (χ3v) is 1.98. The van der Waals surface area contributed by atoms with Crippen LogP contribution in [0.15, 0.2) is 12.0 Å². The summed E-state index contributed by atoms with van der Waals surface area (Å²) in [5, 5.41) is 0. The molecule has 0 spiro atoms. The van der Waals surface area contributed by atoms with Gasteiger partial charge in [0.05, 0.1) is 0 Å². The minimum absolute atomic E-state index is 0.852. The Morgan fingerprint density at radius 2 is 2.50 bits per heavy atom. The third-order valence-electron chi connectivity index (χ3n) is 1.02. The Labute approximate surface area is 43.6 Å². The van der Waals surface area contributed by atoms with E-state index in [1.807, 2.05) is 11.6 Å². The van der Waals surface area contributed by atoms with Crippen LogP contribution < -0.4 is 0 Å². The zero-order chi connectivity index (χ0) is 4.41. The molecule has 0 nitrogen and oxygen atoms in total. The molecule has 0 saturated heterocycles. The largest absolute Gasteiger partial charge is 0.217 e. The molecule has 0 fully saturated rings. The van der Waals surface area contributed by atoms with E-state index < -0.39 is 0 Å². The van der Waals surface area contributed by atoms with Crippen molar-refractivity contribution in [2.75, 3.05) is 6.26 Å². The third kappa shape index (κ3) is 0.648. The summed E-state index contributed by atoms with van der Waals surface area (Å²) in [6, 6.07) is 0. The molecular formula is C3H6B2S. The first-order valence-electron chi connectivity index (χ1n) is 2.13. The van der Waals surface area contributed by atoms with Crippen LogP contribution in [0.4, 0.5) is 0 Å². The van der Waals surface area contributed by atoms with Crippen molar-refractivity contribution in [1.29, 1.82) is 0 Å². The molecule has 0 bridgehead atoms. The number of hydrogen-bond acceptors (Lipinski definition) is 1. The summed E-state index contributed by atoms with van der Waals surface area (Å²) in [6.45, 7) is 0. The lowest BCUT2D eigenvalue weighted by Crippen LogP contribution is -2.21. The topological polar surface area (TPSA) is 0 Å². The number of hydrogen-bond donors (Lipinski definition) is 0. The van der Waals surface area contributed by atoms with E-state index in [1.165, 1.54) is 7.17 Å². The fraction of sp³-hybridized carbons (Fsp3) is 0.333. The maximum atomic E-state index is 2.24. The molecule has 0 unspecified atom stereocenters. The van der Waals surface area contributed by atoms with E-state index in [-0.39, 0.29) is 0 Å². The van der Waals surface area contributed by atoms with Gasteiger partial charge in [-0.15, -0.1) is 12.0 Å². The Morgan fingerprint density at radius 1 is 1.83 bits per heavy atom. The van der Waals surface area contributed by atoms with Crippen LogP contribution in [0, 0.1) is 0 Å². The Bertz CT molecular complexity index is 71.2. The predicted octanol–water partition coefficient (Wildman–Crippen LogP) is 0.341. The molecule has 0 aromatic rings. The lowest BCUT2D eigenvalue weighted by atomic mass is 9.29. The molecule has 0 N–H and O–H groups in total. The molecule has 0 aromatic heterocycles. The highest BCUT2D eigenvalue weighted by Gasteiger charge is 2.12. The molecule has 1 heterocycles. The Kier molecular flexibility index (Phi) is 1.30. The SMILES string of the molecule is CSB1BC=C1. The van der Waals surface area contributed by atoms with Gasteiger partial charge in [0.25, 0.3) is 0 Å². The fourth-order valence-corrected chi connectivity index (χ4v) is 0.994. The van der Waals surface area contributed by atoms with Gasteiger partial charge >= 0.3 is 0 Å². The molecule has 0 amide bonds. The van der Waals surface area contributed by atoms with Crippen molar-refractivity contribution in [2.24, 2.45) is 0 Å². The first kappa shape index (κ1) is 4.38. The minimum atomic E-state index is 0.852. The fourth-order valence-electron chi connectivity index (χ4n) is 0.422. The highest BCUT2D eigenvalue weighted by atomic mass is 32.2. The van der Waals surface area contributed by atoms with Crippen LogP contribution in [0.1, 0.15) is 0 Å². The van der Waals surface area contributed by atoms with E-state index in [2.05, 4.69) is 18.2 Å². The lowest BCUT2D eigenvalue weighted by Gasteiger charge is -2.06. The summed E-state index contributed by atoms with van der Waals surface area (Å²) >= 11 is 1.92. The normalized spacial score (nSPS) is 16.5. The van der Waals surface area contributed by atoms with Crippen LogP contribution in [0.2, 0.25) is 0 Å². The quantitative estimate of drug-likeness (QED) is 0.424. The molecule has 0 atom stereocenters. The van der Waals surface area contributed by atoms with Crippen molar-refractivity contribution in [3.8, 4) is 0 Å². The van der Waals surface area contributed by atoms with Crippen LogP contribution in [0.25, 0.3) is 0 Å². The molecule has 1 aliphatic heterocycles. The van der Waals surface area contributed by atoms with E-state index in [1.54, 1.807) is 0 Å². The van der Waals surface area contributed by atoms with Gasteiger partial charge in [-0.3, -0.25) is 0 Å². The molecular weight excluding hydrogens is 89.7 g/mol. The first-order chi connectivity index (χ1) is 2.93. The van der Waals surface area contributed by atoms with Gasteiger partial charge < -0.3 is 0 Å². The second-order valence-corrected chi connectivity index (χ2v) is 2.51. The van der Waals surface area contributed by atoms with Gasteiger partial charge in [-0.2, -0.15) is 0 Å². The van der Waals surface area contributed by atoms with Crippen LogP contribution in [-0.4, -0.2) is 19.3 Å². The Morgan fingerprint density at radius 3 is 2.50 bits per heavy atom. The molecule has 1 rings (SSSR count). The van der Waals surface area contributed by atoms with Gasteiger partial charge in [-0.05, 0) is 6.26 Å². The van der Waals surface area contributed by atoms with Gasteiger partial charge in [0.15, 0.2) is 0 Å². The van der Waals surface area contributed by atoms with Crippen LogP contribution >= 0.6 is 11.6 Å². The summed E-state index contributed by atoms with van der Waals surface area (Å²) in [5.41, 5.74) is 0. The maximum Gasteiger partial charge on any atom is 0.200 e. The average molecular weight is 95.8 g/mol. The van der Waals surface area contributed by atoms with Crippen molar-refractivity contribution < 1.29 is 0 Å². The molecule has 6 heavy (non-hydrogen) atoms. The van der Waals surface area contributed by atoms with Crippen molar-refractivity contribution >= 4 is 24.7 Å². The van der Waals surface area contributed by atoms with Crippen LogP contribution in [0.5, 0.6) is 0 Å². The second kappa shape index (κ2) is 1.78. The van der Waals surface area contributed by atoms with Crippen molar-refractivity contribution in [1.82, 2.24) is 0 Å². The van der Waals surface area contributed by atoms with Crippen LogP contribution in [0.3, 0.4) is 0 Å². The summed E-state index contributed by atoms with van der Waals surface area (Å²) in [6.07, 6.45) is 2.15. The zero-order valence-electron chi connectivity index (χ0n) is 3.85. The van der Waals surface area contributed by atoms with E-state index in [0.717, 1.165) is 5.88 Å². The highest BCUT2D eigenvalue weighted by Crippen LogP contribution is 2.07. The molecule has 0 saturated carbocycles. The van der Waals surface area contributed by atoms with Gasteiger partial charge in [-0.25, -0.2) is 11.6 Å². The molecule has 0 radical (unpaired) electrons. The standard InChI is InChI=1S/C3H6B2S/c1-6-5-3-2-4-5/h2-4H,1H3.